The van der Waals surface area contributed by atoms with E-state index in [0.29, 0.717) is 65.9 Å². The average Bonchev–Trinajstić information content (AvgIpc) is 3.70. The maximum Gasteiger partial charge on any atom is 0.416 e. The summed E-state index contributed by atoms with van der Waals surface area (Å²) in [4.78, 5) is 0. The van der Waals surface area contributed by atoms with Gasteiger partial charge in [0.05, 0.1) is 109 Å². The lowest BCUT2D eigenvalue weighted by molar-refractivity contribution is -0.137. The molecule has 0 aliphatic carbocycles. The Bertz CT molecular complexity index is 2920. The normalized spacial score (nSPS) is 11.1. The Kier molecular flexibility index (Phi) is 7.39. The standard InChI is InChI=1S/C43H17F3N8/c44-43(45,46)30-6-5-29(23-52)31(17-30)42-40(53-36-7-1-24(18-47)11-32(36)33-12-25(19-48)2-8-37(33)53)15-28(22-51)16-41(42)54-38-9-3-26(20-49)13-34(38)35-14-27(21-50)4-10-39(35)54/h1-17H. The van der Waals surface area contributed by atoms with Crippen LogP contribution in [0.4, 0.5) is 13.2 Å². The molecule has 11 heteroatoms. The second kappa shape index (κ2) is 12.2. The fourth-order valence-electron chi connectivity index (χ4n) is 7.17. The Hall–Kier alpha value is -8.35. The van der Waals surface area contributed by atoms with Crippen molar-refractivity contribution >= 4 is 43.6 Å². The zero-order valence-electron chi connectivity index (χ0n) is 27.5. The summed E-state index contributed by atoms with van der Waals surface area (Å²) in [6.45, 7) is 0. The summed E-state index contributed by atoms with van der Waals surface area (Å²) in [7, 11) is 0. The summed E-state index contributed by atoms with van der Waals surface area (Å²) in [5.41, 5.74) is 3.03. The highest BCUT2D eigenvalue weighted by Crippen LogP contribution is 2.45. The van der Waals surface area contributed by atoms with Gasteiger partial charge < -0.3 is 9.13 Å². The Morgan fingerprint density at radius 2 is 0.778 bits per heavy atom. The lowest BCUT2D eigenvalue weighted by atomic mass is 9.93. The molecule has 0 unspecified atom stereocenters. The van der Waals surface area contributed by atoms with Gasteiger partial charge in [-0.3, -0.25) is 0 Å². The first-order valence-electron chi connectivity index (χ1n) is 16.1. The molecule has 0 amide bonds. The van der Waals surface area contributed by atoms with Crippen molar-refractivity contribution in [3.63, 3.8) is 0 Å². The van der Waals surface area contributed by atoms with E-state index < -0.39 is 11.7 Å². The van der Waals surface area contributed by atoms with Gasteiger partial charge in [-0.15, -0.1) is 0 Å². The topological polar surface area (TPSA) is 153 Å². The van der Waals surface area contributed by atoms with Crippen molar-refractivity contribution in [2.45, 2.75) is 6.18 Å². The van der Waals surface area contributed by atoms with Gasteiger partial charge in [0.15, 0.2) is 0 Å². The van der Waals surface area contributed by atoms with Crippen molar-refractivity contribution in [2.75, 3.05) is 0 Å². The van der Waals surface area contributed by atoms with Crippen LogP contribution in [-0.4, -0.2) is 9.13 Å². The molecule has 0 radical (unpaired) electrons. The van der Waals surface area contributed by atoms with Crippen LogP contribution in [0.1, 0.15) is 38.9 Å². The second-order valence-corrected chi connectivity index (χ2v) is 12.4. The molecule has 250 valence electrons. The van der Waals surface area contributed by atoms with E-state index in [-0.39, 0.29) is 33.6 Å². The molecule has 2 aromatic heterocycles. The Morgan fingerprint density at radius 1 is 0.407 bits per heavy atom. The van der Waals surface area contributed by atoms with Gasteiger partial charge in [-0.25, -0.2) is 0 Å². The van der Waals surface area contributed by atoms with Crippen LogP contribution in [0.3, 0.4) is 0 Å². The summed E-state index contributed by atoms with van der Waals surface area (Å²) < 4.78 is 46.9. The summed E-state index contributed by atoms with van der Waals surface area (Å²) in [5.74, 6) is 0. The van der Waals surface area contributed by atoms with Crippen molar-refractivity contribution < 1.29 is 13.2 Å². The first-order chi connectivity index (χ1) is 26.1. The molecule has 8 nitrogen and oxygen atoms in total. The van der Waals surface area contributed by atoms with E-state index >= 15 is 0 Å². The quantitative estimate of drug-likeness (QED) is 0.179. The van der Waals surface area contributed by atoms with Crippen molar-refractivity contribution in [1.82, 2.24) is 9.13 Å². The van der Waals surface area contributed by atoms with Gasteiger partial charge in [0.25, 0.3) is 0 Å². The van der Waals surface area contributed by atoms with Crippen molar-refractivity contribution in [1.29, 1.82) is 31.6 Å². The molecular weight excluding hydrogens is 686 g/mol. The third kappa shape index (κ3) is 4.95. The second-order valence-electron chi connectivity index (χ2n) is 12.4. The first-order valence-corrected chi connectivity index (χ1v) is 16.1. The zero-order valence-corrected chi connectivity index (χ0v) is 27.5. The Morgan fingerprint density at radius 3 is 1.09 bits per heavy atom. The van der Waals surface area contributed by atoms with Crippen LogP contribution >= 0.6 is 0 Å². The molecule has 8 rings (SSSR count). The largest absolute Gasteiger partial charge is 0.416 e. The summed E-state index contributed by atoms with van der Waals surface area (Å²) in [5, 5.41) is 62.3. The predicted octanol–water partition coefficient (Wildman–Crippen LogP) is 9.80. The monoisotopic (exact) mass is 702 g/mol. The van der Waals surface area contributed by atoms with Crippen LogP contribution in [0.2, 0.25) is 0 Å². The van der Waals surface area contributed by atoms with E-state index in [1.807, 2.05) is 0 Å². The number of nitrogens with zero attached hydrogens (tertiary/aromatic N) is 8. The maximum atomic E-state index is 14.5. The highest BCUT2D eigenvalue weighted by atomic mass is 19.4. The van der Waals surface area contributed by atoms with E-state index in [2.05, 4.69) is 36.4 Å². The van der Waals surface area contributed by atoms with E-state index in [1.54, 1.807) is 81.9 Å². The average molecular weight is 703 g/mol. The molecule has 0 bridgehead atoms. The molecule has 2 heterocycles. The number of fused-ring (bicyclic) bond motifs is 6. The number of rotatable bonds is 3. The molecule has 0 saturated heterocycles. The number of alkyl halides is 3. The molecule has 0 atom stereocenters. The molecule has 0 aliphatic heterocycles. The fraction of sp³-hybridized carbons (Fsp3) is 0.0233. The minimum atomic E-state index is -4.78. The minimum absolute atomic E-state index is 0.0728. The van der Waals surface area contributed by atoms with Gasteiger partial charge in [0.1, 0.15) is 0 Å². The molecule has 8 aromatic rings. The molecule has 0 saturated carbocycles. The highest BCUT2D eigenvalue weighted by molar-refractivity contribution is 6.13. The Labute approximate surface area is 304 Å². The number of halogens is 3. The molecule has 6 aromatic carbocycles. The van der Waals surface area contributed by atoms with Gasteiger partial charge in [-0.05, 0) is 103 Å². The molecular formula is C43H17F3N8. The number of hydrogen-bond donors (Lipinski definition) is 0. The number of aromatic nitrogens is 2. The lowest BCUT2D eigenvalue weighted by Crippen LogP contribution is -2.08. The van der Waals surface area contributed by atoms with Crippen molar-refractivity contribution in [3.8, 4) is 58.9 Å². The van der Waals surface area contributed by atoms with E-state index in [0.717, 1.165) is 18.2 Å². The van der Waals surface area contributed by atoms with Crippen LogP contribution in [0.15, 0.2) is 103 Å². The van der Waals surface area contributed by atoms with Crippen LogP contribution in [0.5, 0.6) is 0 Å². The third-order valence-electron chi connectivity index (χ3n) is 9.49. The van der Waals surface area contributed by atoms with Gasteiger partial charge in [-0.1, -0.05) is 0 Å². The summed E-state index contributed by atoms with van der Waals surface area (Å²) >= 11 is 0. The molecule has 0 fully saturated rings. The lowest BCUT2D eigenvalue weighted by Gasteiger charge is -2.22. The summed E-state index contributed by atoms with van der Waals surface area (Å²) in [6.07, 6.45) is -4.78. The Balaban J connectivity index is 1.64. The maximum absolute atomic E-state index is 14.5. The zero-order chi connectivity index (χ0) is 37.9. The molecule has 54 heavy (non-hydrogen) atoms. The van der Waals surface area contributed by atoms with Gasteiger partial charge >= 0.3 is 6.18 Å². The fourth-order valence-corrected chi connectivity index (χ4v) is 7.17. The van der Waals surface area contributed by atoms with Gasteiger partial charge in [0, 0.05) is 32.7 Å². The molecule has 0 aliphatic rings. The summed E-state index contributed by atoms with van der Waals surface area (Å²) in [6, 6.07) is 38.4. The van der Waals surface area contributed by atoms with E-state index in [1.165, 1.54) is 12.1 Å². The third-order valence-corrected chi connectivity index (χ3v) is 9.49. The van der Waals surface area contributed by atoms with Gasteiger partial charge in [0.2, 0.25) is 0 Å². The SMILES string of the molecule is N#Cc1cc(-n2c3ccc(C#N)cc3c3cc(C#N)ccc32)c(-c2cc(C(F)(F)F)ccc2C#N)c(-n2c3ccc(C#N)cc3c3cc(C#N)ccc32)c1. The van der Waals surface area contributed by atoms with Crippen LogP contribution < -0.4 is 0 Å². The van der Waals surface area contributed by atoms with Crippen molar-refractivity contribution in [3.05, 3.63) is 142 Å². The highest BCUT2D eigenvalue weighted by Gasteiger charge is 2.33. The van der Waals surface area contributed by atoms with Crippen LogP contribution in [0.25, 0.3) is 66.1 Å². The van der Waals surface area contributed by atoms with E-state index in [9.17, 15) is 44.7 Å². The van der Waals surface area contributed by atoms with Crippen molar-refractivity contribution in [2.24, 2.45) is 0 Å². The number of benzene rings is 6. The first kappa shape index (κ1) is 32.8. The minimum Gasteiger partial charge on any atom is -0.308 e. The van der Waals surface area contributed by atoms with Gasteiger partial charge in [-0.2, -0.15) is 44.7 Å². The molecule has 0 spiro atoms. The van der Waals surface area contributed by atoms with Crippen LogP contribution in [-0.2, 0) is 6.18 Å². The number of nitriles is 6. The van der Waals surface area contributed by atoms with E-state index in [4.69, 9.17) is 0 Å². The predicted molar refractivity (Wildman–Crippen MR) is 194 cm³/mol. The molecule has 0 N–H and O–H groups in total. The van der Waals surface area contributed by atoms with Crippen LogP contribution in [0, 0.1) is 68.0 Å². The smallest absolute Gasteiger partial charge is 0.308 e. The number of hydrogen-bond acceptors (Lipinski definition) is 6.